The minimum absolute atomic E-state index is 0.0682. The smallest absolute Gasteiger partial charge is 0.410 e. The third-order valence-corrected chi connectivity index (χ3v) is 10.8. The van der Waals surface area contributed by atoms with Crippen LogP contribution >= 0.6 is 27.5 Å². The minimum atomic E-state index is -0.836. The largest absolute Gasteiger partial charge is 0.461 e. The molecule has 2 bridgehead atoms. The van der Waals surface area contributed by atoms with Crippen molar-refractivity contribution in [3.63, 3.8) is 0 Å². The molecule has 1 aromatic carbocycles. The number of likely N-dealkylation sites (tertiary alicyclic amines) is 1. The highest BCUT2D eigenvalue weighted by Gasteiger charge is 2.50. The molecule has 0 aliphatic carbocycles. The van der Waals surface area contributed by atoms with E-state index in [1.54, 1.807) is 0 Å². The molecule has 9 nitrogen and oxygen atoms in total. The molecular weight excluding hydrogens is 617 g/mol. The van der Waals surface area contributed by atoms with Gasteiger partial charge in [-0.2, -0.15) is 9.97 Å². The van der Waals surface area contributed by atoms with E-state index >= 15 is 0 Å². The van der Waals surface area contributed by atoms with Crippen LogP contribution in [-0.4, -0.2) is 88.0 Å². The van der Waals surface area contributed by atoms with Crippen LogP contribution in [0.25, 0.3) is 10.9 Å². The topological polar surface area (TPSA) is 80.3 Å². The Balaban J connectivity index is 1.27. The van der Waals surface area contributed by atoms with Crippen molar-refractivity contribution in [2.45, 2.75) is 95.5 Å². The summed E-state index contributed by atoms with van der Waals surface area (Å²) < 4.78 is 33.1. The number of piperazine rings is 1. The van der Waals surface area contributed by atoms with Gasteiger partial charge in [0.15, 0.2) is 0 Å². The Morgan fingerprint density at radius 1 is 1.17 bits per heavy atom. The fraction of sp³-hybridized carbons (Fsp3) is 0.690. The molecule has 12 heteroatoms. The lowest BCUT2D eigenvalue weighted by atomic mass is 9.95. The standard InChI is InChI=1S/C29H36BrClFN5O4/c1-28(2,3)41-27(38)35-11-17-5-6-18(12-35)37(17)25-21-19-13-39-14-20(19)22(30)23(31)24(21)33-26(34-25)40-15-29-7-4-8-36(29)10-16(32)9-29/h16-18H,4-15H2,1-3H3/t16?,17?,18?,29-/m0/s1. The first-order valence-electron chi connectivity index (χ1n) is 14.6. The van der Waals surface area contributed by atoms with Gasteiger partial charge < -0.3 is 24.0 Å². The number of nitrogens with zero attached hydrogens (tertiary/aromatic N) is 5. The van der Waals surface area contributed by atoms with Crippen LogP contribution in [0, 0.1) is 0 Å². The normalized spacial score (nSPS) is 29.4. The zero-order valence-corrected chi connectivity index (χ0v) is 26.1. The summed E-state index contributed by atoms with van der Waals surface area (Å²) in [4.78, 5) is 29.3. The van der Waals surface area contributed by atoms with Gasteiger partial charge in [-0.3, -0.25) is 4.90 Å². The molecule has 222 valence electrons. The second-order valence-corrected chi connectivity index (χ2v) is 14.3. The molecular formula is C29H36BrClFN5O4. The van der Waals surface area contributed by atoms with E-state index in [9.17, 15) is 9.18 Å². The van der Waals surface area contributed by atoms with Gasteiger partial charge in [0.2, 0.25) is 0 Å². The molecule has 4 saturated heterocycles. The number of ether oxygens (including phenoxy) is 3. The third-order valence-electron chi connectivity index (χ3n) is 9.30. The Hall–Kier alpha value is -1.95. The van der Waals surface area contributed by atoms with E-state index in [0.717, 1.165) is 59.0 Å². The molecule has 1 aromatic heterocycles. The number of halogens is 3. The maximum atomic E-state index is 14.4. The van der Waals surface area contributed by atoms with Gasteiger partial charge in [-0.25, -0.2) is 9.18 Å². The number of carbonyl (C=O) groups is 1. The maximum Gasteiger partial charge on any atom is 0.410 e. The van der Waals surface area contributed by atoms with Crippen molar-refractivity contribution in [1.82, 2.24) is 19.8 Å². The van der Waals surface area contributed by atoms with E-state index in [1.165, 1.54) is 0 Å². The summed E-state index contributed by atoms with van der Waals surface area (Å²) in [5, 5.41) is 1.38. The highest BCUT2D eigenvalue weighted by atomic mass is 79.9. The van der Waals surface area contributed by atoms with Gasteiger partial charge in [0.05, 0.1) is 34.7 Å². The molecule has 3 unspecified atom stereocenters. The van der Waals surface area contributed by atoms with Gasteiger partial charge in [0.25, 0.3) is 0 Å². The van der Waals surface area contributed by atoms with Crippen molar-refractivity contribution in [3.8, 4) is 6.01 Å². The van der Waals surface area contributed by atoms with Crippen molar-refractivity contribution in [2.75, 3.05) is 37.7 Å². The maximum absolute atomic E-state index is 14.4. The molecule has 6 heterocycles. The Morgan fingerprint density at radius 3 is 2.63 bits per heavy atom. The average Bonchev–Trinajstić information content (AvgIpc) is 3.66. The summed E-state index contributed by atoms with van der Waals surface area (Å²) in [5.74, 6) is 0.771. The predicted octanol–water partition coefficient (Wildman–Crippen LogP) is 5.62. The van der Waals surface area contributed by atoms with Crippen molar-refractivity contribution in [2.24, 2.45) is 0 Å². The summed E-state index contributed by atoms with van der Waals surface area (Å²) in [6.07, 6.45) is 3.17. The van der Waals surface area contributed by atoms with Crippen molar-refractivity contribution in [1.29, 1.82) is 0 Å². The molecule has 0 saturated carbocycles. The van der Waals surface area contributed by atoms with Gasteiger partial charge in [-0.15, -0.1) is 0 Å². The first-order valence-corrected chi connectivity index (χ1v) is 15.8. The molecule has 2 aromatic rings. The van der Waals surface area contributed by atoms with Crippen LogP contribution in [0.1, 0.15) is 64.0 Å². The third kappa shape index (κ3) is 4.75. The van der Waals surface area contributed by atoms with Gasteiger partial charge in [0.1, 0.15) is 24.2 Å². The molecule has 4 fully saturated rings. The number of carbonyl (C=O) groups excluding carboxylic acids is 1. The van der Waals surface area contributed by atoms with Crippen LogP contribution < -0.4 is 9.64 Å². The van der Waals surface area contributed by atoms with Crippen molar-refractivity contribution in [3.05, 3.63) is 20.6 Å². The Morgan fingerprint density at radius 2 is 1.90 bits per heavy atom. The summed E-state index contributed by atoms with van der Waals surface area (Å²) in [6, 6.07) is 0.384. The first-order chi connectivity index (χ1) is 19.5. The quantitative estimate of drug-likeness (QED) is 0.421. The molecule has 0 spiro atoms. The van der Waals surface area contributed by atoms with Gasteiger partial charge >= 0.3 is 12.1 Å². The molecule has 1 amide bonds. The summed E-state index contributed by atoms with van der Waals surface area (Å²) in [6.45, 7) is 9.36. The number of anilines is 1. The average molecular weight is 653 g/mol. The number of amides is 1. The Labute approximate surface area is 252 Å². The van der Waals surface area contributed by atoms with E-state index in [0.29, 0.717) is 56.4 Å². The number of aromatic nitrogens is 2. The monoisotopic (exact) mass is 651 g/mol. The van der Waals surface area contributed by atoms with Crippen LogP contribution in [-0.2, 0) is 22.7 Å². The highest BCUT2D eigenvalue weighted by molar-refractivity contribution is 9.10. The number of rotatable bonds is 4. The highest BCUT2D eigenvalue weighted by Crippen LogP contribution is 2.47. The van der Waals surface area contributed by atoms with Crippen LogP contribution in [0.3, 0.4) is 0 Å². The molecule has 7 rings (SSSR count). The fourth-order valence-electron chi connectivity index (χ4n) is 7.57. The number of hydrogen-bond acceptors (Lipinski definition) is 8. The van der Waals surface area contributed by atoms with Gasteiger partial charge in [-0.05, 0) is 80.1 Å². The van der Waals surface area contributed by atoms with Crippen LogP contribution in [0.2, 0.25) is 5.02 Å². The van der Waals surface area contributed by atoms with E-state index in [1.807, 2.05) is 25.7 Å². The Bertz CT molecular complexity index is 1390. The van der Waals surface area contributed by atoms with Crippen LogP contribution in [0.4, 0.5) is 15.0 Å². The molecule has 41 heavy (non-hydrogen) atoms. The predicted molar refractivity (Wildman–Crippen MR) is 156 cm³/mol. The fourth-order valence-corrected chi connectivity index (χ4v) is 8.37. The molecule has 0 radical (unpaired) electrons. The number of fused-ring (bicyclic) bond motifs is 6. The SMILES string of the molecule is CC(C)(C)OC(=O)N1CC2CCC(C1)N2c1nc(OC[C@@]23CCCN2CC(F)C3)nc2c(Cl)c(Br)c3c(c12)COC3. The summed E-state index contributed by atoms with van der Waals surface area (Å²) >= 11 is 10.6. The summed E-state index contributed by atoms with van der Waals surface area (Å²) in [5.41, 5.74) is 1.80. The van der Waals surface area contributed by atoms with Crippen LogP contribution in [0.15, 0.2) is 4.47 Å². The Kier molecular flexibility index (Phi) is 6.84. The van der Waals surface area contributed by atoms with Crippen molar-refractivity contribution >= 4 is 50.3 Å². The second kappa shape index (κ2) is 10.1. The van der Waals surface area contributed by atoms with Crippen LogP contribution in [0.5, 0.6) is 6.01 Å². The molecule has 4 atom stereocenters. The van der Waals surface area contributed by atoms with E-state index in [2.05, 4.69) is 25.7 Å². The van der Waals surface area contributed by atoms with Gasteiger partial charge in [0, 0.05) is 42.6 Å². The lowest BCUT2D eigenvalue weighted by molar-refractivity contribution is 0.0209. The van der Waals surface area contributed by atoms with E-state index in [-0.39, 0.29) is 29.7 Å². The number of hydrogen-bond donors (Lipinski definition) is 0. The number of alkyl halides is 1. The van der Waals surface area contributed by atoms with Crippen molar-refractivity contribution < 1.29 is 23.4 Å². The number of benzene rings is 1. The molecule has 5 aliphatic heterocycles. The van der Waals surface area contributed by atoms with E-state index < -0.39 is 11.8 Å². The van der Waals surface area contributed by atoms with E-state index in [4.69, 9.17) is 35.8 Å². The zero-order chi connectivity index (χ0) is 28.7. The molecule has 0 N–H and O–H groups in total. The lowest BCUT2D eigenvalue weighted by Crippen LogP contribution is -2.56. The summed E-state index contributed by atoms with van der Waals surface area (Å²) in [7, 11) is 0. The first kappa shape index (κ1) is 27.9. The lowest BCUT2D eigenvalue weighted by Gasteiger charge is -2.42. The van der Waals surface area contributed by atoms with Gasteiger partial charge in [-0.1, -0.05) is 11.6 Å². The molecule has 5 aliphatic rings. The second-order valence-electron chi connectivity index (χ2n) is 13.2. The zero-order valence-electron chi connectivity index (χ0n) is 23.7. The minimum Gasteiger partial charge on any atom is -0.461 e.